The zero-order chi connectivity index (χ0) is 23.4. The molecule has 33 heavy (non-hydrogen) atoms. The van der Waals surface area contributed by atoms with Crippen LogP contribution < -0.4 is 16.6 Å². The number of nitrogens with zero attached hydrogens (tertiary/aromatic N) is 3. The van der Waals surface area contributed by atoms with Gasteiger partial charge in [-0.3, -0.25) is 14.2 Å². The minimum absolute atomic E-state index is 0.174. The van der Waals surface area contributed by atoms with Crippen LogP contribution in [-0.2, 0) is 6.54 Å². The number of nitrogens with one attached hydrogen (secondary N) is 2. The number of amides is 1. The SMILES string of the molecule is CN1CCN(CCCNC(=O)c2ccc3c(=O)n(Cc4ccccc4F)c(=O)[nH]c3c2)CC1. The predicted octanol–water partition coefficient (Wildman–Crippen LogP) is 1.24. The molecule has 0 unspecified atom stereocenters. The van der Waals surface area contributed by atoms with Crippen LogP contribution in [0.25, 0.3) is 10.9 Å². The first-order valence-electron chi connectivity index (χ1n) is 11.1. The average Bonchev–Trinajstić information content (AvgIpc) is 2.81. The Labute approximate surface area is 190 Å². The van der Waals surface area contributed by atoms with Gasteiger partial charge in [0.15, 0.2) is 0 Å². The molecule has 0 spiro atoms. The molecule has 1 aliphatic rings. The second-order valence-electron chi connectivity index (χ2n) is 8.43. The number of hydrogen-bond donors (Lipinski definition) is 2. The van der Waals surface area contributed by atoms with Gasteiger partial charge in [0.2, 0.25) is 0 Å². The number of rotatable bonds is 7. The molecule has 2 aromatic carbocycles. The quantitative estimate of drug-likeness (QED) is 0.526. The molecular weight excluding hydrogens is 425 g/mol. The lowest BCUT2D eigenvalue weighted by Crippen LogP contribution is -2.45. The van der Waals surface area contributed by atoms with E-state index < -0.39 is 17.1 Å². The van der Waals surface area contributed by atoms with Gasteiger partial charge in [0.25, 0.3) is 11.5 Å². The van der Waals surface area contributed by atoms with Crippen molar-refractivity contribution in [3.8, 4) is 0 Å². The second kappa shape index (κ2) is 10.1. The molecule has 0 aliphatic carbocycles. The average molecular weight is 454 g/mol. The zero-order valence-corrected chi connectivity index (χ0v) is 18.6. The van der Waals surface area contributed by atoms with Crippen LogP contribution in [-0.4, -0.2) is 71.6 Å². The number of carbonyl (C=O) groups excluding carboxylic acids is 1. The maximum Gasteiger partial charge on any atom is 0.329 e. The third-order valence-corrected chi connectivity index (χ3v) is 6.06. The van der Waals surface area contributed by atoms with Crippen molar-refractivity contribution in [1.29, 1.82) is 0 Å². The molecule has 0 atom stereocenters. The van der Waals surface area contributed by atoms with Gasteiger partial charge in [0.1, 0.15) is 5.82 Å². The molecule has 8 nitrogen and oxygen atoms in total. The fourth-order valence-corrected chi connectivity index (χ4v) is 4.01. The van der Waals surface area contributed by atoms with E-state index in [1.165, 1.54) is 24.3 Å². The summed E-state index contributed by atoms with van der Waals surface area (Å²) in [5.41, 5.74) is -0.294. The highest BCUT2D eigenvalue weighted by Crippen LogP contribution is 2.11. The van der Waals surface area contributed by atoms with Crippen LogP contribution >= 0.6 is 0 Å². The van der Waals surface area contributed by atoms with Gasteiger partial charge < -0.3 is 20.1 Å². The monoisotopic (exact) mass is 453 g/mol. The number of H-pyrrole nitrogens is 1. The normalized spacial score (nSPS) is 15.1. The zero-order valence-electron chi connectivity index (χ0n) is 18.6. The Hall–Kier alpha value is -3.30. The molecule has 0 radical (unpaired) electrons. The first-order valence-corrected chi connectivity index (χ1v) is 11.1. The summed E-state index contributed by atoms with van der Waals surface area (Å²) < 4.78 is 14.9. The maximum absolute atomic E-state index is 14.0. The summed E-state index contributed by atoms with van der Waals surface area (Å²) in [5.74, 6) is -0.741. The van der Waals surface area contributed by atoms with Crippen LogP contribution in [0.1, 0.15) is 22.3 Å². The van der Waals surface area contributed by atoms with Crippen LogP contribution in [0.2, 0.25) is 0 Å². The highest BCUT2D eigenvalue weighted by molar-refractivity contribution is 5.97. The molecule has 3 aromatic rings. The number of carbonyl (C=O) groups is 1. The summed E-state index contributed by atoms with van der Waals surface area (Å²) in [4.78, 5) is 45.2. The number of aromatic nitrogens is 2. The molecule has 2 heterocycles. The van der Waals surface area contributed by atoms with Crippen LogP contribution in [0.4, 0.5) is 4.39 Å². The molecule has 1 amide bonds. The first kappa shape index (κ1) is 22.9. The number of piperazine rings is 1. The van der Waals surface area contributed by atoms with Crippen molar-refractivity contribution in [2.45, 2.75) is 13.0 Å². The summed E-state index contributed by atoms with van der Waals surface area (Å²) >= 11 is 0. The van der Waals surface area contributed by atoms with Gasteiger partial charge in [-0.2, -0.15) is 0 Å². The third-order valence-electron chi connectivity index (χ3n) is 6.06. The van der Waals surface area contributed by atoms with Gasteiger partial charge in [-0.15, -0.1) is 0 Å². The number of halogens is 1. The van der Waals surface area contributed by atoms with Crippen LogP contribution in [0, 0.1) is 5.82 Å². The number of hydrogen-bond acceptors (Lipinski definition) is 5. The second-order valence-corrected chi connectivity index (χ2v) is 8.43. The van der Waals surface area contributed by atoms with E-state index in [4.69, 9.17) is 0 Å². The van der Waals surface area contributed by atoms with Gasteiger partial charge in [-0.05, 0) is 44.3 Å². The molecule has 0 bridgehead atoms. The Morgan fingerprint density at radius 1 is 1.09 bits per heavy atom. The Morgan fingerprint density at radius 3 is 2.61 bits per heavy atom. The molecule has 174 valence electrons. The van der Waals surface area contributed by atoms with E-state index in [1.54, 1.807) is 18.2 Å². The molecule has 9 heteroatoms. The van der Waals surface area contributed by atoms with E-state index in [-0.39, 0.29) is 28.9 Å². The van der Waals surface area contributed by atoms with E-state index in [0.29, 0.717) is 12.1 Å². The van der Waals surface area contributed by atoms with Crippen molar-refractivity contribution >= 4 is 16.8 Å². The topological polar surface area (TPSA) is 90.4 Å². The Kier molecular flexibility index (Phi) is 7.00. The van der Waals surface area contributed by atoms with Gasteiger partial charge in [-0.1, -0.05) is 18.2 Å². The van der Waals surface area contributed by atoms with Crippen molar-refractivity contribution in [1.82, 2.24) is 24.7 Å². The van der Waals surface area contributed by atoms with Crippen molar-refractivity contribution in [3.05, 3.63) is 80.2 Å². The van der Waals surface area contributed by atoms with E-state index in [0.717, 1.165) is 43.7 Å². The Morgan fingerprint density at radius 2 is 1.85 bits per heavy atom. The van der Waals surface area contributed by atoms with Crippen LogP contribution in [0.5, 0.6) is 0 Å². The lowest BCUT2D eigenvalue weighted by Gasteiger charge is -2.32. The predicted molar refractivity (Wildman–Crippen MR) is 125 cm³/mol. The van der Waals surface area contributed by atoms with Gasteiger partial charge >= 0.3 is 5.69 Å². The first-order chi connectivity index (χ1) is 15.9. The fourth-order valence-electron chi connectivity index (χ4n) is 4.01. The minimum atomic E-state index is -0.652. The standard InChI is InChI=1S/C24H28FN5O3/c1-28-11-13-29(14-12-28)10-4-9-26-22(31)17-7-8-19-21(15-17)27-24(33)30(23(19)32)16-18-5-2-3-6-20(18)25/h2-3,5-8,15H,4,9-14,16H2,1H3,(H,26,31)(H,27,33). The molecule has 1 fully saturated rings. The van der Waals surface area contributed by atoms with Crippen molar-refractivity contribution < 1.29 is 9.18 Å². The summed E-state index contributed by atoms with van der Waals surface area (Å²) in [5, 5.41) is 3.16. The van der Waals surface area contributed by atoms with Gasteiger partial charge in [0.05, 0.1) is 17.4 Å². The lowest BCUT2D eigenvalue weighted by atomic mass is 10.1. The third kappa shape index (κ3) is 5.37. The number of fused-ring (bicyclic) bond motifs is 1. The summed E-state index contributed by atoms with van der Waals surface area (Å²) in [7, 11) is 2.12. The fraction of sp³-hybridized carbons (Fsp3) is 0.375. The molecule has 1 saturated heterocycles. The van der Waals surface area contributed by atoms with Crippen molar-refractivity contribution in [2.24, 2.45) is 0 Å². The smallest absolute Gasteiger partial charge is 0.329 e. The molecule has 1 aromatic heterocycles. The van der Waals surface area contributed by atoms with Gasteiger partial charge in [0, 0.05) is 43.9 Å². The Balaban J connectivity index is 1.42. The van der Waals surface area contributed by atoms with Crippen LogP contribution in [0.3, 0.4) is 0 Å². The maximum atomic E-state index is 14.0. The molecule has 0 saturated carbocycles. The molecule has 2 N–H and O–H groups in total. The summed E-state index contributed by atoms with van der Waals surface area (Å²) in [6.07, 6.45) is 0.848. The van der Waals surface area contributed by atoms with Crippen LogP contribution in [0.15, 0.2) is 52.1 Å². The molecule has 4 rings (SSSR count). The van der Waals surface area contributed by atoms with E-state index in [2.05, 4.69) is 27.1 Å². The molecular formula is C24H28FN5O3. The lowest BCUT2D eigenvalue weighted by molar-refractivity contribution is 0.0949. The summed E-state index contributed by atoms with van der Waals surface area (Å²) in [6, 6.07) is 10.6. The summed E-state index contributed by atoms with van der Waals surface area (Å²) in [6.45, 7) is 5.50. The number of benzene rings is 2. The highest BCUT2D eigenvalue weighted by atomic mass is 19.1. The highest BCUT2D eigenvalue weighted by Gasteiger charge is 2.15. The van der Waals surface area contributed by atoms with Crippen molar-refractivity contribution in [2.75, 3.05) is 46.3 Å². The minimum Gasteiger partial charge on any atom is -0.352 e. The number of likely N-dealkylation sites (N-methyl/N-ethyl adjacent to an activating group) is 1. The van der Waals surface area contributed by atoms with E-state index in [9.17, 15) is 18.8 Å². The van der Waals surface area contributed by atoms with E-state index >= 15 is 0 Å². The molecule has 1 aliphatic heterocycles. The van der Waals surface area contributed by atoms with Crippen molar-refractivity contribution in [3.63, 3.8) is 0 Å². The Bertz CT molecular complexity index is 1260. The largest absolute Gasteiger partial charge is 0.352 e. The number of aromatic amines is 1. The van der Waals surface area contributed by atoms with Gasteiger partial charge in [-0.25, -0.2) is 9.18 Å². The van der Waals surface area contributed by atoms with E-state index in [1.807, 2.05) is 0 Å².